The van der Waals surface area contributed by atoms with E-state index in [1.807, 2.05) is 6.08 Å². The highest BCUT2D eigenvalue weighted by Gasteiger charge is 2.50. The van der Waals surface area contributed by atoms with Crippen molar-refractivity contribution in [2.75, 3.05) is 0 Å². The minimum Gasteiger partial charge on any atom is -0.295 e. The zero-order chi connectivity index (χ0) is 14.0. The number of carbonyl (C=O) groups is 1. The molecule has 0 unspecified atom stereocenters. The Balaban J connectivity index is 1.82. The molecule has 1 nitrogen and oxygen atoms in total. The Labute approximate surface area is 121 Å². The van der Waals surface area contributed by atoms with Gasteiger partial charge in [-0.2, -0.15) is 0 Å². The molecule has 4 aliphatic carbocycles. The van der Waals surface area contributed by atoms with Crippen LogP contribution in [0, 0.1) is 16.7 Å². The Morgan fingerprint density at radius 3 is 2.85 bits per heavy atom. The van der Waals surface area contributed by atoms with Crippen molar-refractivity contribution in [1.29, 1.82) is 0 Å². The standard InChI is InChI=1S/C19H24O/c1-18-10-8-16-15(17(18)11-14(20)12-18)7-6-13-5-3-4-9-19(13,16)2/h6-7,11,16H,3-5,8-10,12H2,1-2H3/t16-,18+,19-/m0/s1. The summed E-state index contributed by atoms with van der Waals surface area (Å²) in [6.07, 6.45) is 15.2. The van der Waals surface area contributed by atoms with E-state index in [0.717, 1.165) is 6.42 Å². The average molecular weight is 268 g/mol. The van der Waals surface area contributed by atoms with Crippen LogP contribution in [0.25, 0.3) is 0 Å². The first kappa shape index (κ1) is 12.6. The molecule has 1 heteroatoms. The summed E-state index contributed by atoms with van der Waals surface area (Å²) in [4.78, 5) is 11.9. The molecule has 0 aromatic carbocycles. The van der Waals surface area contributed by atoms with Gasteiger partial charge in [-0.05, 0) is 60.7 Å². The quantitative estimate of drug-likeness (QED) is 0.619. The fourth-order valence-electron chi connectivity index (χ4n) is 5.31. The zero-order valence-electron chi connectivity index (χ0n) is 12.7. The first-order valence-corrected chi connectivity index (χ1v) is 8.20. The van der Waals surface area contributed by atoms with Gasteiger partial charge in [-0.3, -0.25) is 4.79 Å². The Bertz CT molecular complexity index is 577. The van der Waals surface area contributed by atoms with Crippen LogP contribution < -0.4 is 0 Å². The molecule has 3 atom stereocenters. The largest absolute Gasteiger partial charge is 0.295 e. The second-order valence-corrected chi connectivity index (χ2v) is 7.79. The van der Waals surface area contributed by atoms with Gasteiger partial charge in [0.25, 0.3) is 0 Å². The molecule has 2 fully saturated rings. The van der Waals surface area contributed by atoms with E-state index in [1.54, 1.807) is 5.57 Å². The minimum atomic E-state index is 0.135. The van der Waals surface area contributed by atoms with Crippen molar-refractivity contribution in [2.45, 2.75) is 58.8 Å². The molecule has 2 saturated carbocycles. The highest BCUT2D eigenvalue weighted by Crippen LogP contribution is 2.61. The van der Waals surface area contributed by atoms with E-state index in [-0.39, 0.29) is 5.41 Å². The van der Waals surface area contributed by atoms with Crippen LogP contribution in [0.2, 0.25) is 0 Å². The summed E-state index contributed by atoms with van der Waals surface area (Å²) in [5.41, 5.74) is 5.05. The van der Waals surface area contributed by atoms with Crippen LogP contribution in [0.3, 0.4) is 0 Å². The maximum atomic E-state index is 11.9. The lowest BCUT2D eigenvalue weighted by atomic mass is 9.53. The van der Waals surface area contributed by atoms with Gasteiger partial charge < -0.3 is 0 Å². The van der Waals surface area contributed by atoms with E-state index in [2.05, 4.69) is 26.0 Å². The highest BCUT2D eigenvalue weighted by molar-refractivity contribution is 5.95. The molecule has 0 aromatic heterocycles. The predicted octanol–water partition coefficient (Wildman–Crippen LogP) is 4.75. The van der Waals surface area contributed by atoms with Crippen molar-refractivity contribution in [3.8, 4) is 0 Å². The van der Waals surface area contributed by atoms with Crippen molar-refractivity contribution in [1.82, 2.24) is 0 Å². The second-order valence-electron chi connectivity index (χ2n) is 7.79. The lowest BCUT2D eigenvalue weighted by molar-refractivity contribution is -0.115. The smallest absolute Gasteiger partial charge is 0.156 e. The van der Waals surface area contributed by atoms with Gasteiger partial charge in [-0.1, -0.05) is 38.0 Å². The maximum Gasteiger partial charge on any atom is 0.156 e. The third kappa shape index (κ3) is 1.52. The zero-order valence-corrected chi connectivity index (χ0v) is 12.7. The molecule has 106 valence electrons. The monoisotopic (exact) mass is 268 g/mol. The number of ketones is 1. The lowest BCUT2D eigenvalue weighted by Crippen LogP contribution is -2.40. The lowest BCUT2D eigenvalue weighted by Gasteiger charge is -2.51. The number of allylic oxidation sites excluding steroid dienone is 6. The van der Waals surface area contributed by atoms with Gasteiger partial charge in [-0.25, -0.2) is 0 Å². The van der Waals surface area contributed by atoms with Gasteiger partial charge in [0.15, 0.2) is 5.78 Å². The second kappa shape index (κ2) is 3.96. The number of hydrogen-bond acceptors (Lipinski definition) is 1. The van der Waals surface area contributed by atoms with Crippen LogP contribution >= 0.6 is 0 Å². The fraction of sp³-hybridized carbons (Fsp3) is 0.632. The predicted molar refractivity (Wildman–Crippen MR) is 81.3 cm³/mol. The van der Waals surface area contributed by atoms with E-state index < -0.39 is 0 Å². The van der Waals surface area contributed by atoms with Crippen molar-refractivity contribution < 1.29 is 4.79 Å². The van der Waals surface area contributed by atoms with Crippen molar-refractivity contribution in [2.24, 2.45) is 16.7 Å². The number of rotatable bonds is 0. The minimum absolute atomic E-state index is 0.135. The van der Waals surface area contributed by atoms with Gasteiger partial charge in [-0.15, -0.1) is 0 Å². The molecule has 20 heavy (non-hydrogen) atoms. The molecular weight excluding hydrogens is 244 g/mol. The third-order valence-electron chi connectivity index (χ3n) is 6.55. The van der Waals surface area contributed by atoms with Crippen LogP contribution in [-0.2, 0) is 4.79 Å². The molecule has 0 saturated heterocycles. The fourth-order valence-corrected chi connectivity index (χ4v) is 5.31. The highest BCUT2D eigenvalue weighted by atomic mass is 16.1. The molecule has 0 amide bonds. The van der Waals surface area contributed by atoms with E-state index in [1.165, 1.54) is 49.7 Å². The Morgan fingerprint density at radius 1 is 1.15 bits per heavy atom. The van der Waals surface area contributed by atoms with E-state index in [4.69, 9.17) is 0 Å². The summed E-state index contributed by atoms with van der Waals surface area (Å²) in [5, 5.41) is 0. The van der Waals surface area contributed by atoms with Gasteiger partial charge in [0.1, 0.15) is 0 Å². The molecule has 4 rings (SSSR count). The van der Waals surface area contributed by atoms with E-state index in [9.17, 15) is 4.79 Å². The first-order chi connectivity index (χ1) is 9.53. The van der Waals surface area contributed by atoms with Gasteiger partial charge in [0.05, 0.1) is 0 Å². The van der Waals surface area contributed by atoms with Crippen LogP contribution in [0.1, 0.15) is 58.8 Å². The number of hydrogen-bond donors (Lipinski definition) is 0. The normalized spacial score (nSPS) is 43.0. The molecule has 0 bridgehead atoms. The molecule has 0 heterocycles. The average Bonchev–Trinajstić information content (AvgIpc) is 2.72. The molecule has 0 N–H and O–H groups in total. The molecule has 4 aliphatic rings. The van der Waals surface area contributed by atoms with Gasteiger partial charge in [0, 0.05) is 11.8 Å². The van der Waals surface area contributed by atoms with Crippen molar-refractivity contribution in [3.63, 3.8) is 0 Å². The van der Waals surface area contributed by atoms with E-state index >= 15 is 0 Å². The number of fused-ring (bicyclic) bond motifs is 5. The summed E-state index contributed by atoms with van der Waals surface area (Å²) in [6, 6.07) is 0. The van der Waals surface area contributed by atoms with Crippen LogP contribution in [0.4, 0.5) is 0 Å². The maximum absolute atomic E-state index is 11.9. The van der Waals surface area contributed by atoms with E-state index in [0.29, 0.717) is 17.1 Å². The molecule has 0 spiro atoms. The molecule has 0 radical (unpaired) electrons. The Morgan fingerprint density at radius 2 is 2.00 bits per heavy atom. The van der Waals surface area contributed by atoms with Crippen molar-refractivity contribution >= 4 is 5.78 Å². The summed E-state index contributed by atoms with van der Waals surface area (Å²) in [5.74, 6) is 1.00. The summed E-state index contributed by atoms with van der Waals surface area (Å²) < 4.78 is 0. The van der Waals surface area contributed by atoms with Crippen LogP contribution in [-0.4, -0.2) is 5.78 Å². The molecule has 0 aromatic rings. The summed E-state index contributed by atoms with van der Waals surface area (Å²) in [6.45, 7) is 4.78. The van der Waals surface area contributed by atoms with Crippen LogP contribution in [0.5, 0.6) is 0 Å². The summed E-state index contributed by atoms with van der Waals surface area (Å²) >= 11 is 0. The summed E-state index contributed by atoms with van der Waals surface area (Å²) in [7, 11) is 0. The Hall–Kier alpha value is -1.11. The first-order valence-electron chi connectivity index (χ1n) is 8.20. The SMILES string of the molecule is C[C@]12CC[C@H]3C(=CC=C4CCCC[C@@]43C)C1=CC(=O)C2. The third-order valence-corrected chi connectivity index (χ3v) is 6.55. The van der Waals surface area contributed by atoms with Crippen LogP contribution in [0.15, 0.2) is 34.9 Å². The van der Waals surface area contributed by atoms with Gasteiger partial charge in [0.2, 0.25) is 0 Å². The Kier molecular flexibility index (Phi) is 2.50. The number of carbonyl (C=O) groups excluding carboxylic acids is 1. The van der Waals surface area contributed by atoms with Gasteiger partial charge >= 0.3 is 0 Å². The van der Waals surface area contributed by atoms with Crippen molar-refractivity contribution in [3.05, 3.63) is 34.9 Å². The molecule has 0 aliphatic heterocycles. The molecular formula is C19H24O. The topological polar surface area (TPSA) is 17.1 Å².